The molecule has 23 heavy (non-hydrogen) atoms. The van der Waals surface area contributed by atoms with Crippen LogP contribution in [0, 0.1) is 5.92 Å². The fraction of sp³-hybridized carbons (Fsp3) is 0.933. The molecule has 134 valence electrons. The minimum absolute atomic E-state index is 0.157. The second-order valence-corrected chi connectivity index (χ2v) is 9.16. The predicted molar refractivity (Wildman–Crippen MR) is 89.2 cm³/mol. The largest absolute Gasteiger partial charge is 0.379 e. The summed E-state index contributed by atoms with van der Waals surface area (Å²) in [5, 5.41) is 2.56. The highest BCUT2D eigenvalue weighted by Crippen LogP contribution is 2.17. The summed E-state index contributed by atoms with van der Waals surface area (Å²) in [7, 11) is -3.07. The van der Waals surface area contributed by atoms with Gasteiger partial charge in [0.15, 0.2) is 9.84 Å². The Morgan fingerprint density at radius 3 is 2.43 bits per heavy atom. The summed E-state index contributed by atoms with van der Waals surface area (Å²) in [4.78, 5) is 16.3. The number of hydrogen-bond donors (Lipinski definition) is 1. The van der Waals surface area contributed by atoms with Gasteiger partial charge in [0, 0.05) is 45.0 Å². The number of ether oxygens (including phenoxy) is 1. The second kappa shape index (κ2) is 7.81. The van der Waals surface area contributed by atoms with E-state index < -0.39 is 15.1 Å². The number of amides is 2. The maximum absolute atomic E-state index is 12.3. The molecule has 0 aromatic carbocycles. The van der Waals surface area contributed by atoms with E-state index in [0.29, 0.717) is 32.0 Å². The molecule has 8 heteroatoms. The molecule has 7 nitrogen and oxygen atoms in total. The summed E-state index contributed by atoms with van der Waals surface area (Å²) in [6, 6.07) is 0.117. The van der Waals surface area contributed by atoms with Crippen LogP contribution in [0.4, 0.5) is 4.79 Å². The minimum Gasteiger partial charge on any atom is -0.379 e. The highest BCUT2D eigenvalue weighted by Gasteiger charge is 2.33. The lowest BCUT2D eigenvalue weighted by Crippen LogP contribution is -2.52. The second-order valence-electron chi connectivity index (χ2n) is 6.83. The summed E-state index contributed by atoms with van der Waals surface area (Å²) >= 11 is 0. The monoisotopic (exact) mass is 347 g/mol. The maximum atomic E-state index is 12.3. The number of sulfone groups is 1. The van der Waals surface area contributed by atoms with Crippen LogP contribution in [0.15, 0.2) is 0 Å². The van der Waals surface area contributed by atoms with E-state index in [9.17, 15) is 13.2 Å². The van der Waals surface area contributed by atoms with Crippen molar-refractivity contribution in [1.82, 2.24) is 15.1 Å². The van der Waals surface area contributed by atoms with Gasteiger partial charge in [-0.1, -0.05) is 13.8 Å². The Labute approximate surface area is 139 Å². The molecule has 0 unspecified atom stereocenters. The summed E-state index contributed by atoms with van der Waals surface area (Å²) in [6.45, 7) is 8.94. The van der Waals surface area contributed by atoms with Crippen molar-refractivity contribution in [3.63, 3.8) is 0 Å². The molecular weight excluding hydrogens is 318 g/mol. The van der Waals surface area contributed by atoms with E-state index in [1.807, 2.05) is 0 Å². The van der Waals surface area contributed by atoms with Gasteiger partial charge >= 0.3 is 6.03 Å². The molecule has 2 saturated heterocycles. The van der Waals surface area contributed by atoms with Crippen LogP contribution in [0.1, 0.15) is 20.3 Å². The number of urea groups is 1. The molecule has 0 bridgehead atoms. The van der Waals surface area contributed by atoms with Crippen molar-refractivity contribution in [1.29, 1.82) is 0 Å². The van der Waals surface area contributed by atoms with Crippen molar-refractivity contribution in [2.24, 2.45) is 5.92 Å². The van der Waals surface area contributed by atoms with E-state index in [1.165, 1.54) is 6.26 Å². The van der Waals surface area contributed by atoms with Gasteiger partial charge in [0.25, 0.3) is 0 Å². The van der Waals surface area contributed by atoms with Crippen LogP contribution in [0.5, 0.6) is 0 Å². The molecule has 0 spiro atoms. The van der Waals surface area contributed by atoms with Gasteiger partial charge in [0.1, 0.15) is 0 Å². The van der Waals surface area contributed by atoms with E-state index in [0.717, 1.165) is 26.3 Å². The first-order chi connectivity index (χ1) is 10.8. The maximum Gasteiger partial charge on any atom is 0.317 e. The number of nitrogens with one attached hydrogen (secondary N) is 1. The van der Waals surface area contributed by atoms with Gasteiger partial charge in [-0.05, 0) is 12.3 Å². The normalized spacial score (nSPS) is 24.9. The fourth-order valence-corrected chi connectivity index (χ4v) is 4.25. The van der Waals surface area contributed by atoms with Crippen LogP contribution in [0.3, 0.4) is 0 Å². The Hall–Kier alpha value is -0.860. The molecule has 0 aromatic heterocycles. The van der Waals surface area contributed by atoms with Crippen LogP contribution in [-0.4, -0.2) is 87.7 Å². The molecule has 2 fully saturated rings. The van der Waals surface area contributed by atoms with Crippen LogP contribution in [0.25, 0.3) is 0 Å². The zero-order valence-electron chi connectivity index (χ0n) is 14.3. The van der Waals surface area contributed by atoms with Crippen LogP contribution in [-0.2, 0) is 14.6 Å². The topological polar surface area (TPSA) is 79.0 Å². The Morgan fingerprint density at radius 1 is 1.26 bits per heavy atom. The van der Waals surface area contributed by atoms with E-state index in [-0.39, 0.29) is 12.1 Å². The Balaban J connectivity index is 1.84. The lowest BCUT2D eigenvalue weighted by atomic mass is 10.0. The highest BCUT2D eigenvalue weighted by molar-refractivity contribution is 7.91. The quantitative estimate of drug-likeness (QED) is 0.767. The molecule has 2 amide bonds. The number of hydrogen-bond acceptors (Lipinski definition) is 5. The van der Waals surface area contributed by atoms with Gasteiger partial charge in [-0.15, -0.1) is 0 Å². The van der Waals surface area contributed by atoms with Gasteiger partial charge in [-0.2, -0.15) is 0 Å². The third-order valence-corrected chi connectivity index (χ3v) is 6.38. The number of carbonyl (C=O) groups excluding carboxylic acids is 1. The summed E-state index contributed by atoms with van der Waals surface area (Å²) in [6.07, 6.45) is 1.77. The molecule has 0 aliphatic carbocycles. The fourth-order valence-electron chi connectivity index (χ4n) is 3.26. The number of carbonyl (C=O) groups is 1. The number of likely N-dealkylation sites (tertiary alicyclic amines) is 1. The molecule has 1 N–H and O–H groups in total. The van der Waals surface area contributed by atoms with Crippen LogP contribution in [0.2, 0.25) is 0 Å². The first-order valence-corrected chi connectivity index (χ1v) is 10.3. The molecule has 2 rings (SSSR count). The molecule has 0 saturated carbocycles. The van der Waals surface area contributed by atoms with Crippen molar-refractivity contribution >= 4 is 15.9 Å². The predicted octanol–water partition coefficient (Wildman–Crippen LogP) is 0.172. The van der Waals surface area contributed by atoms with Gasteiger partial charge in [0.2, 0.25) is 0 Å². The first kappa shape index (κ1) is 18.5. The number of rotatable bonds is 5. The highest BCUT2D eigenvalue weighted by atomic mass is 32.2. The third kappa shape index (κ3) is 5.06. The molecule has 0 aromatic rings. The SMILES string of the molecule is CC(C)[C@@H](CNC(=O)N1CC[C@@H](S(C)(=O)=O)C1)N1CCOCC1. The summed E-state index contributed by atoms with van der Waals surface area (Å²) in [5.74, 6) is 0.427. The number of nitrogens with zero attached hydrogens (tertiary/aromatic N) is 2. The number of morpholine rings is 1. The van der Waals surface area contributed by atoms with E-state index in [4.69, 9.17) is 4.74 Å². The van der Waals surface area contributed by atoms with E-state index in [2.05, 4.69) is 24.1 Å². The Bertz CT molecular complexity index is 503. The standard InChI is InChI=1S/C15H29N3O4S/c1-12(2)14(17-6-8-22-9-7-17)10-16-15(19)18-5-4-13(11-18)23(3,20)21/h12-14H,4-11H2,1-3H3,(H,16,19)/t13-,14-/m1/s1. The Morgan fingerprint density at radius 2 is 1.91 bits per heavy atom. The average molecular weight is 347 g/mol. The van der Waals surface area contributed by atoms with Gasteiger partial charge < -0.3 is 15.0 Å². The lowest BCUT2D eigenvalue weighted by molar-refractivity contribution is 0.00699. The van der Waals surface area contributed by atoms with Crippen LogP contribution < -0.4 is 5.32 Å². The van der Waals surface area contributed by atoms with Crippen molar-refractivity contribution in [3.05, 3.63) is 0 Å². The molecular formula is C15H29N3O4S. The van der Waals surface area contributed by atoms with Gasteiger partial charge in [-0.3, -0.25) is 4.90 Å². The Kier molecular flexibility index (Phi) is 6.27. The third-order valence-electron chi connectivity index (χ3n) is 4.78. The van der Waals surface area contributed by atoms with E-state index in [1.54, 1.807) is 4.90 Å². The van der Waals surface area contributed by atoms with Crippen molar-refractivity contribution < 1.29 is 17.9 Å². The summed E-state index contributed by atoms with van der Waals surface area (Å²) in [5.41, 5.74) is 0. The van der Waals surface area contributed by atoms with E-state index >= 15 is 0 Å². The zero-order valence-corrected chi connectivity index (χ0v) is 15.1. The van der Waals surface area contributed by atoms with Crippen molar-refractivity contribution in [3.8, 4) is 0 Å². The molecule has 2 atom stereocenters. The minimum atomic E-state index is -3.07. The zero-order chi connectivity index (χ0) is 17.0. The summed E-state index contributed by atoms with van der Waals surface area (Å²) < 4.78 is 28.6. The molecule has 2 heterocycles. The van der Waals surface area contributed by atoms with Crippen molar-refractivity contribution in [2.45, 2.75) is 31.6 Å². The average Bonchev–Trinajstić information content (AvgIpc) is 2.98. The first-order valence-electron chi connectivity index (χ1n) is 8.32. The molecule has 2 aliphatic rings. The lowest BCUT2D eigenvalue weighted by Gasteiger charge is -2.37. The van der Waals surface area contributed by atoms with Gasteiger partial charge in [0.05, 0.1) is 18.5 Å². The van der Waals surface area contributed by atoms with Gasteiger partial charge in [-0.25, -0.2) is 13.2 Å². The van der Waals surface area contributed by atoms with Crippen LogP contribution >= 0.6 is 0 Å². The molecule has 2 aliphatic heterocycles. The smallest absolute Gasteiger partial charge is 0.317 e. The van der Waals surface area contributed by atoms with Crippen molar-refractivity contribution in [2.75, 3.05) is 52.2 Å². The molecule has 0 radical (unpaired) electrons.